The summed E-state index contributed by atoms with van der Waals surface area (Å²) in [4.78, 5) is 1.42. The highest BCUT2D eigenvalue weighted by molar-refractivity contribution is 7.10. The third-order valence-corrected chi connectivity index (χ3v) is 4.81. The van der Waals surface area contributed by atoms with Crippen LogP contribution in [0.2, 0.25) is 0 Å². The lowest BCUT2D eigenvalue weighted by molar-refractivity contribution is 0.288. The molecule has 3 heterocycles. The van der Waals surface area contributed by atoms with Crippen molar-refractivity contribution >= 4 is 17.2 Å². The average Bonchev–Trinajstić information content (AvgIpc) is 3.02. The molecule has 1 unspecified atom stereocenters. The molecular formula is C14H19N3OS. The van der Waals surface area contributed by atoms with Gasteiger partial charge in [0.05, 0.1) is 12.2 Å². The molecule has 0 radical (unpaired) electrons. The third-order valence-electron chi connectivity index (χ3n) is 3.69. The summed E-state index contributed by atoms with van der Waals surface area (Å²) in [7, 11) is 0. The van der Waals surface area contributed by atoms with Gasteiger partial charge in [0.1, 0.15) is 5.82 Å². The minimum atomic E-state index is 0.234. The molecule has 2 aromatic rings. The molecule has 2 N–H and O–H groups in total. The van der Waals surface area contributed by atoms with Crippen molar-refractivity contribution in [1.29, 1.82) is 0 Å². The Morgan fingerprint density at radius 3 is 3.21 bits per heavy atom. The number of aryl methyl sites for hydroxylation is 2. The molecule has 102 valence electrons. The number of nitrogens with zero attached hydrogens (tertiary/aromatic N) is 2. The van der Waals surface area contributed by atoms with Gasteiger partial charge in [-0.2, -0.15) is 5.10 Å². The topological polar surface area (TPSA) is 50.1 Å². The standard InChI is InChI=1S/C14H19N3OS/c1-10-5-8-19-13(10)12-4-6-15-14-11(3-2-7-18)9-16-17(12)14/h5,8-9,12,15,18H,2-4,6-7H2,1H3. The highest BCUT2D eigenvalue weighted by Gasteiger charge is 2.25. The summed E-state index contributed by atoms with van der Waals surface area (Å²) in [6.45, 7) is 3.39. The Kier molecular flexibility index (Phi) is 3.57. The van der Waals surface area contributed by atoms with Crippen molar-refractivity contribution < 1.29 is 5.11 Å². The molecule has 1 atom stereocenters. The fourth-order valence-corrected chi connectivity index (χ4v) is 3.75. The smallest absolute Gasteiger partial charge is 0.128 e. The lowest BCUT2D eigenvalue weighted by Crippen LogP contribution is -2.24. The highest BCUT2D eigenvalue weighted by atomic mass is 32.1. The molecule has 1 aliphatic heterocycles. The van der Waals surface area contributed by atoms with E-state index in [1.54, 1.807) is 0 Å². The van der Waals surface area contributed by atoms with Crippen LogP contribution in [0.4, 0.5) is 5.82 Å². The number of nitrogens with one attached hydrogen (secondary N) is 1. The van der Waals surface area contributed by atoms with Crippen molar-refractivity contribution in [1.82, 2.24) is 9.78 Å². The monoisotopic (exact) mass is 277 g/mol. The van der Waals surface area contributed by atoms with Crippen LogP contribution in [0.1, 0.15) is 34.9 Å². The molecule has 1 aliphatic rings. The first-order valence-electron chi connectivity index (χ1n) is 6.76. The first kappa shape index (κ1) is 12.7. The number of fused-ring (bicyclic) bond motifs is 1. The van der Waals surface area contributed by atoms with Crippen LogP contribution in [-0.4, -0.2) is 28.0 Å². The van der Waals surface area contributed by atoms with Crippen LogP contribution in [0.25, 0.3) is 0 Å². The van der Waals surface area contributed by atoms with Crippen LogP contribution in [0, 0.1) is 6.92 Å². The van der Waals surface area contributed by atoms with Crippen LogP contribution < -0.4 is 5.32 Å². The minimum absolute atomic E-state index is 0.234. The first-order chi connectivity index (χ1) is 9.31. The molecule has 0 amide bonds. The first-order valence-corrected chi connectivity index (χ1v) is 7.64. The van der Waals surface area contributed by atoms with E-state index in [9.17, 15) is 0 Å². The zero-order valence-electron chi connectivity index (χ0n) is 11.1. The van der Waals surface area contributed by atoms with Crippen LogP contribution in [0.15, 0.2) is 17.6 Å². The summed E-state index contributed by atoms with van der Waals surface area (Å²) >= 11 is 1.82. The Hall–Kier alpha value is -1.33. The van der Waals surface area contributed by atoms with Crippen molar-refractivity contribution in [2.75, 3.05) is 18.5 Å². The zero-order chi connectivity index (χ0) is 13.2. The van der Waals surface area contributed by atoms with Crippen molar-refractivity contribution in [2.24, 2.45) is 0 Å². The predicted molar refractivity (Wildman–Crippen MR) is 77.9 cm³/mol. The number of hydrogen-bond donors (Lipinski definition) is 2. The summed E-state index contributed by atoms with van der Waals surface area (Å²) < 4.78 is 2.12. The zero-order valence-corrected chi connectivity index (χ0v) is 11.9. The van der Waals surface area contributed by atoms with E-state index in [0.717, 1.165) is 31.6 Å². The molecule has 0 saturated heterocycles. The third kappa shape index (κ3) is 2.28. The lowest BCUT2D eigenvalue weighted by atomic mass is 10.1. The van der Waals surface area contributed by atoms with Crippen LogP contribution in [0.3, 0.4) is 0 Å². The van der Waals surface area contributed by atoms with Crippen LogP contribution >= 0.6 is 11.3 Å². The van der Waals surface area contributed by atoms with E-state index >= 15 is 0 Å². The Labute approximate surface area is 117 Å². The normalized spacial score (nSPS) is 18.1. The maximum Gasteiger partial charge on any atom is 0.128 e. The van der Waals surface area contributed by atoms with E-state index in [1.165, 1.54) is 16.0 Å². The highest BCUT2D eigenvalue weighted by Crippen LogP contribution is 2.35. The Balaban J connectivity index is 1.93. The van der Waals surface area contributed by atoms with Gasteiger partial charge in [-0.1, -0.05) is 0 Å². The summed E-state index contributed by atoms with van der Waals surface area (Å²) in [6.07, 6.45) is 4.70. The minimum Gasteiger partial charge on any atom is -0.396 e. The molecule has 0 spiro atoms. The van der Waals surface area contributed by atoms with E-state index in [1.807, 2.05) is 17.5 Å². The van der Waals surface area contributed by atoms with E-state index < -0.39 is 0 Å². The summed E-state index contributed by atoms with van der Waals surface area (Å²) in [5.41, 5.74) is 2.57. The van der Waals surface area contributed by atoms with Gasteiger partial charge >= 0.3 is 0 Å². The molecule has 2 aromatic heterocycles. The van der Waals surface area contributed by atoms with E-state index in [0.29, 0.717) is 6.04 Å². The molecule has 19 heavy (non-hydrogen) atoms. The lowest BCUT2D eigenvalue weighted by Gasteiger charge is -2.26. The molecule has 3 rings (SSSR count). The Morgan fingerprint density at radius 2 is 2.47 bits per heavy atom. The Bertz CT molecular complexity index is 561. The molecule has 0 aromatic carbocycles. The summed E-state index contributed by atoms with van der Waals surface area (Å²) in [5.74, 6) is 1.14. The molecule has 0 fully saturated rings. The average molecular weight is 277 g/mol. The van der Waals surface area contributed by atoms with Crippen molar-refractivity contribution in [3.63, 3.8) is 0 Å². The number of aromatic nitrogens is 2. The second kappa shape index (κ2) is 5.35. The van der Waals surface area contributed by atoms with Gasteiger partial charge < -0.3 is 10.4 Å². The number of aliphatic hydroxyl groups is 1. The fraction of sp³-hybridized carbons (Fsp3) is 0.500. The van der Waals surface area contributed by atoms with Crippen LogP contribution in [-0.2, 0) is 6.42 Å². The SMILES string of the molecule is Cc1ccsc1C1CCNc2c(CCCO)cnn21. The van der Waals surface area contributed by atoms with Gasteiger partial charge in [0, 0.05) is 23.6 Å². The number of hydrogen-bond acceptors (Lipinski definition) is 4. The summed E-state index contributed by atoms with van der Waals surface area (Å²) in [5, 5.41) is 19.1. The van der Waals surface area contributed by atoms with E-state index in [2.05, 4.69) is 33.5 Å². The number of aliphatic hydroxyl groups excluding tert-OH is 1. The maximum absolute atomic E-state index is 8.96. The number of thiophene rings is 1. The van der Waals surface area contributed by atoms with Crippen molar-refractivity contribution in [3.8, 4) is 0 Å². The fourth-order valence-electron chi connectivity index (χ4n) is 2.70. The van der Waals surface area contributed by atoms with Crippen LogP contribution in [0.5, 0.6) is 0 Å². The van der Waals surface area contributed by atoms with Gasteiger partial charge in [0.15, 0.2) is 0 Å². The van der Waals surface area contributed by atoms with Gasteiger partial charge in [-0.25, -0.2) is 4.68 Å². The molecule has 0 bridgehead atoms. The number of rotatable bonds is 4. The molecule has 0 aliphatic carbocycles. The largest absolute Gasteiger partial charge is 0.396 e. The van der Waals surface area contributed by atoms with Crippen molar-refractivity contribution in [3.05, 3.63) is 33.6 Å². The van der Waals surface area contributed by atoms with Gasteiger partial charge in [-0.3, -0.25) is 0 Å². The van der Waals surface area contributed by atoms with E-state index in [-0.39, 0.29) is 6.61 Å². The second-order valence-corrected chi connectivity index (χ2v) is 5.94. The van der Waals surface area contributed by atoms with Gasteiger partial charge in [0.2, 0.25) is 0 Å². The number of anilines is 1. The molecule has 0 saturated carbocycles. The maximum atomic E-state index is 8.96. The molecule has 4 nitrogen and oxygen atoms in total. The summed E-state index contributed by atoms with van der Waals surface area (Å²) in [6, 6.07) is 2.54. The van der Waals surface area contributed by atoms with Gasteiger partial charge in [0.25, 0.3) is 0 Å². The van der Waals surface area contributed by atoms with Crippen molar-refractivity contribution in [2.45, 2.75) is 32.2 Å². The second-order valence-electron chi connectivity index (χ2n) is 4.99. The van der Waals surface area contributed by atoms with Gasteiger partial charge in [-0.05, 0) is 43.2 Å². The van der Waals surface area contributed by atoms with E-state index in [4.69, 9.17) is 5.11 Å². The molecule has 5 heteroatoms. The quantitative estimate of drug-likeness (QED) is 0.903. The molecular weight excluding hydrogens is 258 g/mol. The van der Waals surface area contributed by atoms with Gasteiger partial charge in [-0.15, -0.1) is 11.3 Å². The Morgan fingerprint density at radius 1 is 1.58 bits per heavy atom. The predicted octanol–water partition coefficient (Wildman–Crippen LogP) is 2.58.